The van der Waals surface area contributed by atoms with Crippen molar-refractivity contribution in [3.05, 3.63) is 0 Å². The third-order valence-corrected chi connectivity index (χ3v) is 2.05. The van der Waals surface area contributed by atoms with Gasteiger partial charge in [-0.15, -0.1) is 0 Å². The minimum atomic E-state index is 0.309. The Kier molecular flexibility index (Phi) is 4.65. The average Bonchev–Trinajstić information content (AvgIpc) is 1.87. The van der Waals surface area contributed by atoms with Crippen molar-refractivity contribution in [1.82, 2.24) is 0 Å². The number of hydrogen-bond donors (Lipinski definition) is 2. The molecule has 2 nitrogen and oxygen atoms in total. The fourth-order valence-corrected chi connectivity index (χ4v) is 1.11. The van der Waals surface area contributed by atoms with Gasteiger partial charge >= 0.3 is 0 Å². The quantitative estimate of drug-likeness (QED) is 0.617. The van der Waals surface area contributed by atoms with Gasteiger partial charge in [0.1, 0.15) is 0 Å². The maximum Gasteiger partial charge on any atom is 0.00882 e. The summed E-state index contributed by atoms with van der Waals surface area (Å²) in [5.41, 5.74) is 11.3. The Labute approximate surface area is 64.0 Å². The van der Waals surface area contributed by atoms with Gasteiger partial charge in [-0.3, -0.25) is 0 Å². The first-order valence-corrected chi connectivity index (χ1v) is 4.05. The highest BCUT2D eigenvalue weighted by Crippen LogP contribution is 2.12. The van der Waals surface area contributed by atoms with Crippen LogP contribution in [0.15, 0.2) is 0 Å². The molecule has 0 aromatic rings. The molecule has 0 bridgehead atoms. The summed E-state index contributed by atoms with van der Waals surface area (Å²) in [6.07, 6.45) is 1.04. The second-order valence-electron chi connectivity index (χ2n) is 3.38. The lowest BCUT2D eigenvalue weighted by Gasteiger charge is -2.22. The van der Waals surface area contributed by atoms with E-state index in [1.807, 2.05) is 0 Å². The maximum atomic E-state index is 5.89. The molecule has 0 aliphatic heterocycles. The van der Waals surface area contributed by atoms with E-state index >= 15 is 0 Å². The molecule has 0 heterocycles. The van der Waals surface area contributed by atoms with Crippen LogP contribution in [0.5, 0.6) is 0 Å². The summed E-state index contributed by atoms with van der Waals surface area (Å²) in [6.45, 7) is 7.22. The van der Waals surface area contributed by atoms with Gasteiger partial charge in [-0.2, -0.15) is 0 Å². The molecule has 0 spiro atoms. The van der Waals surface area contributed by atoms with E-state index in [9.17, 15) is 0 Å². The van der Waals surface area contributed by atoms with Crippen molar-refractivity contribution in [2.24, 2.45) is 23.3 Å². The summed E-state index contributed by atoms with van der Waals surface area (Å²) in [7, 11) is 0. The second-order valence-corrected chi connectivity index (χ2v) is 3.38. The molecule has 2 atom stereocenters. The molecule has 0 amide bonds. The van der Waals surface area contributed by atoms with Crippen LogP contribution in [-0.2, 0) is 0 Å². The summed E-state index contributed by atoms with van der Waals surface area (Å²) in [5, 5.41) is 0. The van der Waals surface area contributed by atoms with E-state index in [0.29, 0.717) is 17.9 Å². The molecule has 62 valence electrons. The van der Waals surface area contributed by atoms with Crippen LogP contribution in [0.1, 0.15) is 27.2 Å². The van der Waals surface area contributed by atoms with Crippen LogP contribution in [0, 0.1) is 11.8 Å². The van der Waals surface area contributed by atoms with Gasteiger partial charge in [-0.25, -0.2) is 0 Å². The Balaban J connectivity index is 3.58. The highest BCUT2D eigenvalue weighted by Gasteiger charge is 2.14. The standard InChI is InChI=1S/C8H20N2/c1-6(2)8(10)7(3)4-5-9/h6-8H,4-5,9-10H2,1-3H3. The van der Waals surface area contributed by atoms with E-state index in [1.165, 1.54) is 0 Å². The molecule has 0 rings (SSSR count). The van der Waals surface area contributed by atoms with Gasteiger partial charge in [0.05, 0.1) is 0 Å². The van der Waals surface area contributed by atoms with Gasteiger partial charge in [-0.05, 0) is 24.8 Å². The maximum absolute atomic E-state index is 5.89. The van der Waals surface area contributed by atoms with Crippen molar-refractivity contribution in [3.8, 4) is 0 Å². The summed E-state index contributed by atoms with van der Waals surface area (Å²) in [5.74, 6) is 1.13. The van der Waals surface area contributed by atoms with Crippen LogP contribution in [0.3, 0.4) is 0 Å². The third-order valence-electron chi connectivity index (χ3n) is 2.05. The normalized spacial score (nSPS) is 17.4. The van der Waals surface area contributed by atoms with Gasteiger partial charge in [0.25, 0.3) is 0 Å². The first kappa shape index (κ1) is 9.92. The van der Waals surface area contributed by atoms with Crippen LogP contribution in [-0.4, -0.2) is 12.6 Å². The van der Waals surface area contributed by atoms with E-state index in [4.69, 9.17) is 11.5 Å². The van der Waals surface area contributed by atoms with Crippen LogP contribution < -0.4 is 11.5 Å². The van der Waals surface area contributed by atoms with Gasteiger partial charge < -0.3 is 11.5 Å². The molecule has 0 saturated carbocycles. The summed E-state index contributed by atoms with van der Waals surface area (Å²) >= 11 is 0. The lowest BCUT2D eigenvalue weighted by molar-refractivity contribution is 0.350. The van der Waals surface area contributed by atoms with Crippen molar-refractivity contribution < 1.29 is 0 Å². The molecule has 0 aromatic heterocycles. The SMILES string of the molecule is CC(C)C(N)C(C)CCN. The number of rotatable bonds is 4. The van der Waals surface area contributed by atoms with Crippen LogP contribution in [0.4, 0.5) is 0 Å². The van der Waals surface area contributed by atoms with Crippen molar-refractivity contribution in [2.75, 3.05) is 6.54 Å². The first-order chi connectivity index (χ1) is 4.59. The highest BCUT2D eigenvalue weighted by atomic mass is 14.7. The van der Waals surface area contributed by atoms with E-state index in [1.54, 1.807) is 0 Å². The molecule has 10 heavy (non-hydrogen) atoms. The van der Waals surface area contributed by atoms with Crippen LogP contribution >= 0.6 is 0 Å². The fraction of sp³-hybridized carbons (Fsp3) is 1.00. The van der Waals surface area contributed by atoms with Crippen molar-refractivity contribution in [2.45, 2.75) is 33.2 Å². The Hall–Kier alpha value is -0.0800. The molecule has 0 aliphatic rings. The largest absolute Gasteiger partial charge is 0.330 e. The second kappa shape index (κ2) is 4.69. The minimum Gasteiger partial charge on any atom is -0.330 e. The van der Waals surface area contributed by atoms with E-state index < -0.39 is 0 Å². The minimum absolute atomic E-state index is 0.309. The predicted molar refractivity (Wildman–Crippen MR) is 45.6 cm³/mol. The van der Waals surface area contributed by atoms with Gasteiger partial charge in [0.2, 0.25) is 0 Å². The Bertz CT molecular complexity index is 81.3. The molecule has 2 heteroatoms. The van der Waals surface area contributed by atoms with E-state index in [-0.39, 0.29) is 0 Å². The molecule has 0 aromatic carbocycles. The van der Waals surface area contributed by atoms with Gasteiger partial charge in [0.15, 0.2) is 0 Å². The Morgan fingerprint density at radius 1 is 1.20 bits per heavy atom. The molecule has 0 radical (unpaired) electrons. The number of nitrogens with two attached hydrogens (primary N) is 2. The molecule has 2 unspecified atom stereocenters. The predicted octanol–water partition coefficient (Wildman–Crippen LogP) is 0.955. The van der Waals surface area contributed by atoms with Crippen molar-refractivity contribution in [3.63, 3.8) is 0 Å². The van der Waals surface area contributed by atoms with Crippen molar-refractivity contribution in [1.29, 1.82) is 0 Å². The lowest BCUT2D eigenvalue weighted by Crippen LogP contribution is -2.34. The van der Waals surface area contributed by atoms with Gasteiger partial charge in [0, 0.05) is 6.04 Å². The van der Waals surface area contributed by atoms with E-state index in [0.717, 1.165) is 13.0 Å². The zero-order valence-corrected chi connectivity index (χ0v) is 7.30. The molecule has 0 saturated heterocycles. The van der Waals surface area contributed by atoms with Crippen LogP contribution in [0.25, 0.3) is 0 Å². The first-order valence-electron chi connectivity index (χ1n) is 4.05. The third kappa shape index (κ3) is 3.18. The Morgan fingerprint density at radius 3 is 2.00 bits per heavy atom. The molecule has 4 N–H and O–H groups in total. The topological polar surface area (TPSA) is 52.0 Å². The molecule has 0 fully saturated rings. The monoisotopic (exact) mass is 144 g/mol. The molecule has 0 aliphatic carbocycles. The summed E-state index contributed by atoms with van der Waals surface area (Å²) in [4.78, 5) is 0. The summed E-state index contributed by atoms with van der Waals surface area (Å²) in [6, 6.07) is 0.309. The Morgan fingerprint density at radius 2 is 1.70 bits per heavy atom. The summed E-state index contributed by atoms with van der Waals surface area (Å²) < 4.78 is 0. The average molecular weight is 144 g/mol. The van der Waals surface area contributed by atoms with E-state index in [2.05, 4.69) is 20.8 Å². The highest BCUT2D eigenvalue weighted by molar-refractivity contribution is 4.72. The zero-order valence-electron chi connectivity index (χ0n) is 7.30. The lowest BCUT2D eigenvalue weighted by atomic mass is 9.90. The fourth-order valence-electron chi connectivity index (χ4n) is 1.11. The smallest absolute Gasteiger partial charge is 0.00882 e. The molecular formula is C8H20N2. The van der Waals surface area contributed by atoms with Crippen LogP contribution in [0.2, 0.25) is 0 Å². The number of hydrogen-bond acceptors (Lipinski definition) is 2. The molecular weight excluding hydrogens is 124 g/mol. The van der Waals surface area contributed by atoms with Crippen molar-refractivity contribution >= 4 is 0 Å². The van der Waals surface area contributed by atoms with Gasteiger partial charge in [-0.1, -0.05) is 20.8 Å². The zero-order chi connectivity index (χ0) is 8.15.